The Kier molecular flexibility index (Phi) is 5.76. The summed E-state index contributed by atoms with van der Waals surface area (Å²) in [6, 6.07) is 19.0. The molecular formula is C25H23NO5S. The molecule has 0 unspecified atom stereocenters. The SMILES string of the molecule is COc1cc2c(=O)c(S(=O)(=O)c3ccccc3)cn(Cc3ccccc3C)c2cc1OC. The zero-order valence-corrected chi connectivity index (χ0v) is 18.8. The highest BCUT2D eigenvalue weighted by molar-refractivity contribution is 7.91. The molecule has 1 heterocycles. The molecule has 0 aliphatic carbocycles. The topological polar surface area (TPSA) is 74.6 Å². The number of hydrogen-bond donors (Lipinski definition) is 0. The van der Waals surface area contributed by atoms with Gasteiger partial charge in [0.1, 0.15) is 4.90 Å². The lowest BCUT2D eigenvalue weighted by molar-refractivity contribution is 0.355. The molecule has 0 radical (unpaired) electrons. The zero-order valence-electron chi connectivity index (χ0n) is 18.0. The van der Waals surface area contributed by atoms with Gasteiger partial charge >= 0.3 is 0 Å². The van der Waals surface area contributed by atoms with Crippen LogP contribution in [-0.2, 0) is 16.4 Å². The number of rotatable bonds is 6. The highest BCUT2D eigenvalue weighted by Gasteiger charge is 2.25. The van der Waals surface area contributed by atoms with Crippen molar-refractivity contribution in [2.75, 3.05) is 14.2 Å². The normalized spacial score (nSPS) is 11.5. The van der Waals surface area contributed by atoms with E-state index in [2.05, 4.69) is 0 Å². The van der Waals surface area contributed by atoms with Crippen LogP contribution < -0.4 is 14.9 Å². The minimum absolute atomic E-state index is 0.0689. The van der Waals surface area contributed by atoms with Gasteiger partial charge in [0.25, 0.3) is 0 Å². The quantitative estimate of drug-likeness (QED) is 0.441. The van der Waals surface area contributed by atoms with Gasteiger partial charge in [0, 0.05) is 18.8 Å². The molecule has 0 bridgehead atoms. The minimum Gasteiger partial charge on any atom is -0.493 e. The Labute approximate surface area is 186 Å². The maximum atomic E-state index is 13.4. The second-order valence-electron chi connectivity index (χ2n) is 7.42. The molecule has 4 rings (SSSR count). The number of methoxy groups -OCH3 is 2. The van der Waals surface area contributed by atoms with Gasteiger partial charge in [-0.05, 0) is 36.2 Å². The lowest BCUT2D eigenvalue weighted by Crippen LogP contribution is -2.20. The fraction of sp³-hybridized carbons (Fsp3) is 0.160. The smallest absolute Gasteiger partial charge is 0.211 e. The standard InChI is InChI=1S/C25H23NO5S/c1-17-9-7-8-10-18(17)15-26-16-24(32(28,29)19-11-5-4-6-12-19)25(27)20-13-22(30-2)23(31-3)14-21(20)26/h4-14,16H,15H2,1-3H3. The average molecular weight is 450 g/mol. The number of benzene rings is 3. The molecular weight excluding hydrogens is 426 g/mol. The zero-order chi connectivity index (χ0) is 22.9. The number of hydrogen-bond acceptors (Lipinski definition) is 5. The van der Waals surface area contributed by atoms with Gasteiger partial charge < -0.3 is 14.0 Å². The van der Waals surface area contributed by atoms with E-state index in [4.69, 9.17) is 9.47 Å². The van der Waals surface area contributed by atoms with Gasteiger partial charge in [-0.25, -0.2) is 8.42 Å². The summed E-state index contributed by atoms with van der Waals surface area (Å²) in [6.07, 6.45) is 1.42. The van der Waals surface area contributed by atoms with E-state index in [9.17, 15) is 13.2 Å². The second kappa shape index (κ2) is 8.51. The first-order chi connectivity index (χ1) is 15.4. The van der Waals surface area contributed by atoms with Gasteiger partial charge in [0.05, 0.1) is 30.0 Å². The number of aryl methyl sites for hydroxylation is 1. The van der Waals surface area contributed by atoms with Crippen molar-refractivity contribution < 1.29 is 17.9 Å². The maximum Gasteiger partial charge on any atom is 0.211 e. The molecule has 3 aromatic carbocycles. The second-order valence-corrected chi connectivity index (χ2v) is 9.34. The molecule has 0 aliphatic heterocycles. The third-order valence-electron chi connectivity index (χ3n) is 5.50. The van der Waals surface area contributed by atoms with Gasteiger partial charge in [-0.3, -0.25) is 4.79 Å². The van der Waals surface area contributed by atoms with Crippen LogP contribution in [0.25, 0.3) is 10.9 Å². The van der Waals surface area contributed by atoms with Crippen molar-refractivity contribution in [1.29, 1.82) is 0 Å². The average Bonchev–Trinajstić information content (AvgIpc) is 2.81. The van der Waals surface area contributed by atoms with Gasteiger partial charge in [-0.1, -0.05) is 42.5 Å². The Morgan fingerprint density at radius 1 is 0.875 bits per heavy atom. The van der Waals surface area contributed by atoms with Crippen LogP contribution in [0.4, 0.5) is 0 Å². The van der Waals surface area contributed by atoms with E-state index in [1.807, 2.05) is 31.2 Å². The summed E-state index contributed by atoms with van der Waals surface area (Å²) < 4.78 is 39.3. The lowest BCUT2D eigenvalue weighted by atomic mass is 10.1. The van der Waals surface area contributed by atoms with Crippen molar-refractivity contribution >= 4 is 20.7 Å². The fourth-order valence-electron chi connectivity index (χ4n) is 3.71. The predicted octanol–water partition coefficient (Wildman–Crippen LogP) is 4.21. The van der Waals surface area contributed by atoms with Crippen molar-refractivity contribution in [3.8, 4) is 11.5 Å². The van der Waals surface area contributed by atoms with Gasteiger partial charge in [-0.2, -0.15) is 0 Å². The molecule has 0 atom stereocenters. The first kappa shape index (κ1) is 21.6. The van der Waals surface area contributed by atoms with Crippen LogP contribution in [-0.4, -0.2) is 27.2 Å². The minimum atomic E-state index is -4.03. The molecule has 0 N–H and O–H groups in total. The van der Waals surface area contributed by atoms with E-state index in [1.54, 1.807) is 28.8 Å². The lowest BCUT2D eigenvalue weighted by Gasteiger charge is -2.17. The first-order valence-electron chi connectivity index (χ1n) is 10.0. The van der Waals surface area contributed by atoms with E-state index < -0.39 is 15.3 Å². The highest BCUT2D eigenvalue weighted by Crippen LogP contribution is 2.32. The number of ether oxygens (including phenoxy) is 2. The van der Waals surface area contributed by atoms with Crippen LogP contribution in [0.1, 0.15) is 11.1 Å². The Morgan fingerprint density at radius 3 is 2.16 bits per heavy atom. The predicted molar refractivity (Wildman–Crippen MR) is 123 cm³/mol. The monoisotopic (exact) mass is 449 g/mol. The number of fused-ring (bicyclic) bond motifs is 1. The van der Waals surface area contributed by atoms with Crippen molar-refractivity contribution in [2.24, 2.45) is 0 Å². The molecule has 7 heteroatoms. The molecule has 0 fully saturated rings. The van der Waals surface area contributed by atoms with E-state index in [0.29, 0.717) is 23.6 Å². The summed E-state index contributed by atoms with van der Waals surface area (Å²) in [5.41, 5.74) is 2.05. The summed E-state index contributed by atoms with van der Waals surface area (Å²) >= 11 is 0. The Balaban J connectivity index is 2.05. The van der Waals surface area contributed by atoms with Crippen molar-refractivity contribution in [3.63, 3.8) is 0 Å². The summed E-state index contributed by atoms with van der Waals surface area (Å²) in [5.74, 6) is 0.811. The van der Waals surface area contributed by atoms with Crippen LogP contribution in [0, 0.1) is 6.92 Å². The molecule has 4 aromatic rings. The van der Waals surface area contributed by atoms with E-state index in [1.165, 1.54) is 38.6 Å². The van der Waals surface area contributed by atoms with Gasteiger partial charge in [-0.15, -0.1) is 0 Å². The molecule has 0 spiro atoms. The molecule has 1 aromatic heterocycles. The molecule has 32 heavy (non-hydrogen) atoms. The van der Waals surface area contributed by atoms with Crippen LogP contribution >= 0.6 is 0 Å². The maximum absolute atomic E-state index is 13.4. The fourth-order valence-corrected chi connectivity index (χ4v) is 5.10. The molecule has 0 saturated heterocycles. The van der Waals surface area contributed by atoms with Crippen molar-refractivity contribution in [2.45, 2.75) is 23.3 Å². The van der Waals surface area contributed by atoms with Crippen LogP contribution in [0.2, 0.25) is 0 Å². The van der Waals surface area contributed by atoms with E-state index >= 15 is 0 Å². The summed E-state index contributed by atoms with van der Waals surface area (Å²) in [5, 5.41) is 0.244. The van der Waals surface area contributed by atoms with Crippen LogP contribution in [0.5, 0.6) is 11.5 Å². The molecule has 164 valence electrons. The third kappa shape index (κ3) is 3.76. The number of nitrogens with zero attached hydrogens (tertiary/aromatic N) is 1. The summed E-state index contributed by atoms with van der Waals surface area (Å²) in [7, 11) is -1.04. The molecule has 0 amide bonds. The first-order valence-corrected chi connectivity index (χ1v) is 11.5. The number of aromatic nitrogens is 1. The van der Waals surface area contributed by atoms with Crippen LogP contribution in [0.15, 0.2) is 87.5 Å². The van der Waals surface area contributed by atoms with Gasteiger partial charge in [0.2, 0.25) is 15.3 Å². The number of sulfone groups is 1. The van der Waals surface area contributed by atoms with Gasteiger partial charge in [0.15, 0.2) is 11.5 Å². The van der Waals surface area contributed by atoms with E-state index in [0.717, 1.165) is 11.1 Å². The Bertz CT molecular complexity index is 1460. The molecule has 0 saturated carbocycles. The Morgan fingerprint density at radius 2 is 1.50 bits per heavy atom. The molecule has 6 nitrogen and oxygen atoms in total. The molecule has 0 aliphatic rings. The van der Waals surface area contributed by atoms with Crippen molar-refractivity contribution in [3.05, 3.63) is 94.3 Å². The largest absolute Gasteiger partial charge is 0.493 e. The number of pyridine rings is 1. The summed E-state index contributed by atoms with van der Waals surface area (Å²) in [4.78, 5) is 13.2. The Hall–Kier alpha value is -3.58. The van der Waals surface area contributed by atoms with Crippen molar-refractivity contribution in [1.82, 2.24) is 4.57 Å². The summed E-state index contributed by atoms with van der Waals surface area (Å²) in [6.45, 7) is 2.38. The van der Waals surface area contributed by atoms with E-state index in [-0.39, 0.29) is 15.2 Å². The third-order valence-corrected chi connectivity index (χ3v) is 7.26. The van der Waals surface area contributed by atoms with Crippen LogP contribution in [0.3, 0.4) is 0 Å². The highest BCUT2D eigenvalue weighted by atomic mass is 32.2.